The topological polar surface area (TPSA) is 197 Å². The number of nitrogens with two attached hydrogens (primary N) is 1. The lowest BCUT2D eigenvalue weighted by Crippen LogP contribution is -2.62. The quantitative estimate of drug-likeness (QED) is 0.244. The van der Waals surface area contributed by atoms with Crippen LogP contribution in [0.1, 0.15) is 39.5 Å². The second-order valence-corrected chi connectivity index (χ2v) is 12.9. The molecular weight excluding hydrogens is 540 g/mol. The number of aliphatic hydroxyl groups excluding tert-OH is 1. The first-order valence-corrected chi connectivity index (χ1v) is 14.5. The minimum atomic E-state index is -1.15. The van der Waals surface area contributed by atoms with Gasteiger partial charge in [0.05, 0.1) is 24.6 Å². The number of likely N-dealkylation sites (tertiary alicyclic amines) is 1. The van der Waals surface area contributed by atoms with Gasteiger partial charge in [-0.05, 0) is 35.6 Å². The van der Waals surface area contributed by atoms with Gasteiger partial charge in [-0.25, -0.2) is 9.48 Å². The van der Waals surface area contributed by atoms with Crippen molar-refractivity contribution in [3.63, 3.8) is 0 Å². The molecule has 3 fully saturated rings. The average Bonchev–Trinajstić information content (AvgIpc) is 3.65. The minimum absolute atomic E-state index is 0.00535. The zero-order valence-electron chi connectivity index (χ0n) is 22.6. The molecule has 5 N–H and O–H groups in total. The van der Waals surface area contributed by atoms with Gasteiger partial charge in [0.2, 0.25) is 11.8 Å². The molecule has 0 saturated carbocycles. The Morgan fingerprint density at radius 3 is 2.65 bits per heavy atom. The average molecular weight is 577 g/mol. The molecule has 0 aliphatic carbocycles. The summed E-state index contributed by atoms with van der Waals surface area (Å²) in [4.78, 5) is 55.0. The number of fused-ring (bicyclic) bond motifs is 1. The number of thioether (sulfide) groups is 1. The van der Waals surface area contributed by atoms with E-state index in [0.717, 1.165) is 0 Å². The molecule has 0 radical (unpaired) electrons. The van der Waals surface area contributed by atoms with E-state index in [1.54, 1.807) is 4.90 Å². The van der Waals surface area contributed by atoms with Crippen LogP contribution in [0.5, 0.6) is 0 Å². The highest BCUT2D eigenvalue weighted by Crippen LogP contribution is 2.53. The van der Waals surface area contributed by atoms with Gasteiger partial charge in [-0.3, -0.25) is 14.4 Å². The van der Waals surface area contributed by atoms with Crippen LogP contribution in [0, 0.1) is 17.8 Å². The first-order valence-electron chi connectivity index (χ1n) is 13.6. The van der Waals surface area contributed by atoms with Gasteiger partial charge in [0.1, 0.15) is 18.6 Å². The van der Waals surface area contributed by atoms with E-state index in [-0.39, 0.29) is 72.0 Å². The molecule has 40 heavy (non-hydrogen) atoms. The number of nitrogens with one attached hydrogen (secondary N) is 1. The first kappa shape index (κ1) is 28.6. The zero-order chi connectivity index (χ0) is 28.8. The van der Waals surface area contributed by atoms with E-state index in [1.807, 2.05) is 13.8 Å². The van der Waals surface area contributed by atoms with E-state index >= 15 is 0 Å². The van der Waals surface area contributed by atoms with Crippen molar-refractivity contribution in [1.29, 1.82) is 0 Å². The lowest BCUT2D eigenvalue weighted by Gasteiger charge is -2.47. The van der Waals surface area contributed by atoms with Gasteiger partial charge in [-0.1, -0.05) is 13.8 Å². The summed E-state index contributed by atoms with van der Waals surface area (Å²) in [6.45, 7) is 5.22. The number of carboxylic acids is 1. The molecule has 0 bridgehead atoms. The Hall–Kier alpha value is -2.88. The molecule has 0 unspecified atom stereocenters. The molecule has 6 atom stereocenters. The third-order valence-electron chi connectivity index (χ3n) is 8.75. The number of piperidine rings is 1. The van der Waals surface area contributed by atoms with Crippen LogP contribution in [-0.2, 0) is 25.7 Å². The van der Waals surface area contributed by atoms with Crippen molar-refractivity contribution in [3.8, 4) is 0 Å². The molecule has 1 aromatic heterocycles. The van der Waals surface area contributed by atoms with Gasteiger partial charge in [0.25, 0.3) is 0 Å². The second kappa shape index (κ2) is 11.2. The van der Waals surface area contributed by atoms with Crippen LogP contribution in [0.25, 0.3) is 0 Å². The van der Waals surface area contributed by atoms with Crippen LogP contribution in [0.2, 0.25) is 0 Å². The molecule has 1 aromatic rings. The van der Waals surface area contributed by atoms with Crippen LogP contribution in [0.3, 0.4) is 0 Å². The number of aliphatic carboxylic acids is 1. The van der Waals surface area contributed by atoms with E-state index < -0.39 is 17.4 Å². The Labute approximate surface area is 235 Å². The number of tetrazole rings is 1. The number of carbonyl (C=O) groups is 4. The van der Waals surface area contributed by atoms with Crippen molar-refractivity contribution in [2.45, 2.75) is 68.9 Å². The van der Waals surface area contributed by atoms with E-state index in [4.69, 9.17) is 5.73 Å². The summed E-state index contributed by atoms with van der Waals surface area (Å²) >= 11 is 1.44. The molecule has 2 amide bonds. The van der Waals surface area contributed by atoms with Crippen LogP contribution in [-0.4, -0.2) is 113 Å². The second-order valence-electron chi connectivity index (χ2n) is 11.5. The lowest BCUT2D eigenvalue weighted by atomic mass is 9.73. The normalized spacial score (nSPS) is 30.3. The van der Waals surface area contributed by atoms with Crippen LogP contribution < -0.4 is 11.1 Å². The van der Waals surface area contributed by atoms with Crippen molar-refractivity contribution in [2.24, 2.45) is 23.5 Å². The maximum absolute atomic E-state index is 13.2. The van der Waals surface area contributed by atoms with Gasteiger partial charge in [0.15, 0.2) is 5.78 Å². The number of nitrogens with zero attached hydrogens (tertiary/aromatic N) is 6. The van der Waals surface area contributed by atoms with Crippen LogP contribution in [0.4, 0.5) is 0 Å². The number of aromatic nitrogens is 4. The minimum Gasteiger partial charge on any atom is -0.477 e. The number of rotatable bonds is 10. The fourth-order valence-electron chi connectivity index (χ4n) is 6.46. The number of carbonyl (C=O) groups excluding carboxylic acids is 3. The number of amides is 2. The largest absolute Gasteiger partial charge is 0.477 e. The Bertz CT molecular complexity index is 1200. The number of hydrogen-bond acceptors (Lipinski definition) is 11. The molecule has 15 heteroatoms. The molecule has 3 saturated heterocycles. The number of aliphatic hydroxyl groups is 1. The van der Waals surface area contributed by atoms with E-state index in [2.05, 4.69) is 20.8 Å². The third kappa shape index (κ3) is 5.27. The fourth-order valence-corrected chi connectivity index (χ4v) is 7.94. The summed E-state index contributed by atoms with van der Waals surface area (Å²) in [6, 6.07) is -0.694. The summed E-state index contributed by atoms with van der Waals surface area (Å²) in [7, 11) is 0. The molecular formula is C25H36N8O6S. The summed E-state index contributed by atoms with van der Waals surface area (Å²) < 4.78 is 1.33. The van der Waals surface area contributed by atoms with Gasteiger partial charge < -0.3 is 31.1 Å². The van der Waals surface area contributed by atoms with Crippen molar-refractivity contribution >= 4 is 35.3 Å². The summed E-state index contributed by atoms with van der Waals surface area (Å²) in [5, 5.41) is 33.6. The monoisotopic (exact) mass is 576 g/mol. The maximum Gasteiger partial charge on any atom is 0.353 e. The predicted octanol–water partition coefficient (Wildman–Crippen LogP) is -1.18. The van der Waals surface area contributed by atoms with Crippen molar-refractivity contribution < 1.29 is 29.4 Å². The SMILES string of the molecule is C[C@@H](CC(=O)Cn1cnnn1)[C@H]1C(=O)N2C(C(=O)O)=C(S[C@@H]3CN[C@H](C(=O)N4CCC(N)(CO)CC4)C3)[C@H](C)[C@H]12. The van der Waals surface area contributed by atoms with Gasteiger partial charge in [-0.2, -0.15) is 0 Å². The van der Waals surface area contributed by atoms with Gasteiger partial charge in [0, 0.05) is 47.7 Å². The van der Waals surface area contributed by atoms with Gasteiger partial charge in [-0.15, -0.1) is 16.9 Å². The lowest BCUT2D eigenvalue weighted by molar-refractivity contribution is -0.160. The van der Waals surface area contributed by atoms with Gasteiger partial charge >= 0.3 is 5.97 Å². The number of Topliss-reactive ketones (excluding diaryl/α,β-unsaturated/α-hetero) is 1. The summed E-state index contributed by atoms with van der Waals surface area (Å²) in [5.41, 5.74) is 5.52. The molecule has 0 aromatic carbocycles. The predicted molar refractivity (Wildman–Crippen MR) is 142 cm³/mol. The number of ketones is 1. The molecule has 4 aliphatic rings. The first-order chi connectivity index (χ1) is 19.0. The highest BCUT2D eigenvalue weighted by molar-refractivity contribution is 8.03. The maximum atomic E-state index is 13.2. The Kier molecular flexibility index (Phi) is 8.01. The van der Waals surface area contributed by atoms with Crippen LogP contribution >= 0.6 is 11.8 Å². The molecule has 5 heterocycles. The highest BCUT2D eigenvalue weighted by Gasteiger charge is 2.60. The Morgan fingerprint density at radius 2 is 2.02 bits per heavy atom. The zero-order valence-corrected chi connectivity index (χ0v) is 23.4. The molecule has 5 rings (SSSR count). The molecule has 4 aliphatic heterocycles. The molecule has 0 spiro atoms. The van der Waals surface area contributed by atoms with Crippen molar-refractivity contribution in [1.82, 2.24) is 35.3 Å². The molecule has 218 valence electrons. The van der Waals surface area contributed by atoms with E-state index in [9.17, 15) is 29.4 Å². The van der Waals surface area contributed by atoms with Crippen LogP contribution in [0.15, 0.2) is 16.9 Å². The Morgan fingerprint density at radius 1 is 1.30 bits per heavy atom. The Balaban J connectivity index is 1.21. The smallest absolute Gasteiger partial charge is 0.353 e. The number of β-lactam (4-membered cyclic amide) rings is 1. The van der Waals surface area contributed by atoms with E-state index in [0.29, 0.717) is 43.8 Å². The van der Waals surface area contributed by atoms with Crippen molar-refractivity contribution in [3.05, 3.63) is 16.9 Å². The summed E-state index contributed by atoms with van der Waals surface area (Å²) in [5.74, 6) is -2.45. The van der Waals surface area contributed by atoms with E-state index in [1.165, 1.54) is 27.7 Å². The fraction of sp³-hybridized carbons (Fsp3) is 0.720. The highest BCUT2D eigenvalue weighted by atomic mass is 32.2. The number of carboxylic acid groups (broad SMARTS) is 1. The summed E-state index contributed by atoms with van der Waals surface area (Å²) in [6.07, 6.45) is 3.14. The van der Waals surface area contributed by atoms with Crippen molar-refractivity contribution in [2.75, 3.05) is 26.2 Å². The standard InChI is InChI=1S/C25H36N8O6S/c1-13(7-15(35)10-32-12-28-29-30-32)18-19-14(2)21(20(24(38)39)33(19)23(18)37)40-16-8-17(27-9-16)22(36)31-5-3-25(26,11-34)4-6-31/h12-14,16-19,27,34H,3-11,26H2,1-2H3,(H,38,39)/t13-,14+,16-,17-,18+,19+/m0/s1. The molecule has 14 nitrogen and oxygen atoms in total. The third-order valence-corrected chi connectivity index (χ3v) is 10.3. The number of hydrogen-bond donors (Lipinski definition) is 4.